The molecule has 0 fully saturated rings. The van der Waals surface area contributed by atoms with Crippen molar-refractivity contribution in [2.45, 2.75) is 33.0 Å². The van der Waals surface area contributed by atoms with Crippen LogP contribution in [0, 0.1) is 0 Å². The maximum absolute atomic E-state index is 12.4. The normalized spacial score (nSPS) is 15.7. The second kappa shape index (κ2) is 14.3. The molecule has 12 nitrogen and oxygen atoms in total. The van der Waals surface area contributed by atoms with E-state index in [0.29, 0.717) is 58.1 Å². The predicted molar refractivity (Wildman–Crippen MR) is 148 cm³/mol. The maximum atomic E-state index is 12.4. The van der Waals surface area contributed by atoms with Crippen LogP contribution in [0.15, 0.2) is 46.7 Å². The molecule has 0 spiro atoms. The summed E-state index contributed by atoms with van der Waals surface area (Å²) >= 11 is 6.28. The highest BCUT2D eigenvalue weighted by molar-refractivity contribution is 6.32. The Bertz CT molecular complexity index is 1280. The molecule has 3 rings (SSSR count). The second-order valence-electron chi connectivity index (χ2n) is 8.38. The number of hydrogen-bond acceptors (Lipinski definition) is 10. The van der Waals surface area contributed by atoms with E-state index in [2.05, 4.69) is 21.2 Å². The average molecular weight is 577 g/mol. The number of carbonyl (C=O) groups excluding carboxylic acids is 2. The third-order valence-electron chi connectivity index (χ3n) is 5.65. The summed E-state index contributed by atoms with van der Waals surface area (Å²) in [5.74, 6) is 1.03. The van der Waals surface area contributed by atoms with Crippen molar-refractivity contribution < 1.29 is 38.4 Å². The number of allylic oxidation sites excluding steroid dienone is 1. The number of halogens is 1. The number of benzene rings is 2. The van der Waals surface area contributed by atoms with Crippen LogP contribution in [0.5, 0.6) is 23.0 Å². The Balaban J connectivity index is 1.69. The van der Waals surface area contributed by atoms with Crippen molar-refractivity contribution in [3.63, 3.8) is 0 Å². The van der Waals surface area contributed by atoms with Crippen molar-refractivity contribution in [2.75, 3.05) is 34.0 Å². The largest absolute Gasteiger partial charge is 0.493 e. The summed E-state index contributed by atoms with van der Waals surface area (Å²) in [6.07, 6.45) is 0.306. The molecule has 0 aliphatic carbocycles. The van der Waals surface area contributed by atoms with Gasteiger partial charge in [-0.15, -0.1) is 0 Å². The van der Waals surface area contributed by atoms with Gasteiger partial charge in [-0.25, -0.2) is 9.59 Å². The number of aliphatic hydroxyl groups is 1. The molecular formula is C27H33ClN4O8. The van der Waals surface area contributed by atoms with Gasteiger partial charge in [-0.2, -0.15) is 5.10 Å². The number of hydrogen-bond donors (Lipinski definition) is 4. The SMILES string of the molecule is CCOc1cc([C@H]2NC(=O)NC(C)=C2C(=O)OC)ccc1OC[C@H](O)N/N=C\c1cc(Cl)c(OCC)c(OC)c1. The lowest BCUT2D eigenvalue weighted by Gasteiger charge is -2.28. The number of aliphatic hydroxyl groups excluding tert-OH is 1. The van der Waals surface area contributed by atoms with Gasteiger partial charge in [0.1, 0.15) is 6.61 Å². The number of hydrazone groups is 1. The fourth-order valence-electron chi connectivity index (χ4n) is 3.92. The average Bonchev–Trinajstić information content (AvgIpc) is 2.93. The minimum absolute atomic E-state index is 0.166. The van der Waals surface area contributed by atoms with Crippen LogP contribution >= 0.6 is 11.6 Å². The number of urea groups is 1. The zero-order chi connectivity index (χ0) is 29.2. The number of ether oxygens (including phenoxy) is 5. The topological polar surface area (TPSA) is 149 Å². The number of amides is 2. The first-order valence-electron chi connectivity index (χ1n) is 12.4. The third kappa shape index (κ3) is 7.48. The standard InChI is InChI=1S/C27H33ClN4O8/c1-6-38-20-12-17(24-23(26(34)37-5)15(3)30-27(35)31-24)8-9-19(20)40-14-22(33)32-29-13-16-10-18(28)25(39-7-2)21(11-16)36-4/h8-13,22,24,32-33H,6-7,14H2,1-5H3,(H2,30,31,35)/b29-13-/t22-,24+/m0/s1. The van der Waals surface area contributed by atoms with Gasteiger partial charge in [0.15, 0.2) is 29.2 Å². The molecule has 2 aromatic rings. The summed E-state index contributed by atoms with van der Waals surface area (Å²) < 4.78 is 27.2. The molecular weight excluding hydrogens is 544 g/mol. The molecule has 1 aliphatic rings. The number of esters is 1. The lowest BCUT2D eigenvalue weighted by atomic mass is 9.95. The fraction of sp³-hybridized carbons (Fsp3) is 0.370. The van der Waals surface area contributed by atoms with Crippen molar-refractivity contribution in [2.24, 2.45) is 5.10 Å². The summed E-state index contributed by atoms with van der Waals surface area (Å²) in [6.45, 7) is 5.87. The van der Waals surface area contributed by atoms with Gasteiger partial charge in [-0.05, 0) is 56.2 Å². The highest BCUT2D eigenvalue weighted by Gasteiger charge is 2.32. The highest BCUT2D eigenvalue weighted by Crippen LogP contribution is 2.36. The smallest absolute Gasteiger partial charge is 0.337 e. The Labute approximate surface area is 237 Å². The van der Waals surface area contributed by atoms with Gasteiger partial charge >= 0.3 is 12.0 Å². The van der Waals surface area contributed by atoms with Crippen LogP contribution in [0.2, 0.25) is 5.02 Å². The molecule has 4 N–H and O–H groups in total. The predicted octanol–water partition coefficient (Wildman–Crippen LogP) is 3.27. The van der Waals surface area contributed by atoms with Crippen LogP contribution in [-0.2, 0) is 9.53 Å². The summed E-state index contributed by atoms with van der Waals surface area (Å²) in [5.41, 5.74) is 4.44. The van der Waals surface area contributed by atoms with Crippen molar-refractivity contribution in [1.82, 2.24) is 16.1 Å². The first-order valence-corrected chi connectivity index (χ1v) is 12.8. The summed E-state index contributed by atoms with van der Waals surface area (Å²) in [5, 5.41) is 20.1. The summed E-state index contributed by atoms with van der Waals surface area (Å²) in [6, 6.07) is 7.13. The van der Waals surface area contributed by atoms with E-state index in [4.69, 9.17) is 35.3 Å². The van der Waals surface area contributed by atoms with Gasteiger partial charge < -0.3 is 39.4 Å². The van der Waals surface area contributed by atoms with Crippen molar-refractivity contribution in [1.29, 1.82) is 0 Å². The number of nitrogens with zero attached hydrogens (tertiary/aromatic N) is 1. The molecule has 1 aliphatic heterocycles. The lowest BCUT2D eigenvalue weighted by Crippen LogP contribution is -2.45. The number of carbonyl (C=O) groups is 2. The van der Waals surface area contributed by atoms with E-state index in [-0.39, 0.29) is 12.2 Å². The second-order valence-corrected chi connectivity index (χ2v) is 8.79. The van der Waals surface area contributed by atoms with E-state index in [1.807, 2.05) is 6.92 Å². The number of rotatable bonds is 13. The quantitative estimate of drug-likeness (QED) is 0.122. The molecule has 0 bridgehead atoms. The minimum atomic E-state index is -1.16. The minimum Gasteiger partial charge on any atom is -0.493 e. The van der Waals surface area contributed by atoms with Gasteiger partial charge in [0.25, 0.3) is 0 Å². The van der Waals surface area contributed by atoms with E-state index in [0.717, 1.165) is 0 Å². The van der Waals surface area contributed by atoms with Crippen LogP contribution < -0.4 is 35.0 Å². The van der Waals surface area contributed by atoms with Crippen LogP contribution in [0.3, 0.4) is 0 Å². The lowest BCUT2D eigenvalue weighted by molar-refractivity contribution is -0.136. The van der Waals surface area contributed by atoms with Crippen molar-refractivity contribution in [3.05, 3.63) is 57.8 Å². The van der Waals surface area contributed by atoms with Gasteiger partial charge in [0.2, 0.25) is 0 Å². The van der Waals surface area contributed by atoms with E-state index in [1.165, 1.54) is 20.4 Å². The molecule has 0 aromatic heterocycles. The molecule has 0 unspecified atom stereocenters. The molecule has 2 amide bonds. The van der Waals surface area contributed by atoms with Crippen LogP contribution in [0.1, 0.15) is 37.9 Å². The van der Waals surface area contributed by atoms with Gasteiger partial charge in [-0.1, -0.05) is 17.7 Å². The maximum Gasteiger partial charge on any atom is 0.337 e. The van der Waals surface area contributed by atoms with E-state index in [1.54, 1.807) is 44.2 Å². The molecule has 2 aromatic carbocycles. The molecule has 1 heterocycles. The summed E-state index contributed by atoms with van der Waals surface area (Å²) in [4.78, 5) is 24.5. The molecule has 40 heavy (non-hydrogen) atoms. The number of methoxy groups -OCH3 is 2. The van der Waals surface area contributed by atoms with Crippen molar-refractivity contribution >= 4 is 29.8 Å². The molecule has 216 valence electrons. The van der Waals surface area contributed by atoms with E-state index in [9.17, 15) is 14.7 Å². The summed E-state index contributed by atoms with van der Waals surface area (Å²) in [7, 11) is 2.78. The van der Waals surface area contributed by atoms with Gasteiger partial charge in [0.05, 0.1) is 50.3 Å². The fourth-order valence-corrected chi connectivity index (χ4v) is 4.19. The Morgan fingerprint density at radius 3 is 2.55 bits per heavy atom. The Morgan fingerprint density at radius 2 is 1.88 bits per heavy atom. The molecule has 0 radical (unpaired) electrons. The Hall–Kier alpha value is -4.16. The third-order valence-corrected chi connectivity index (χ3v) is 5.93. The molecule has 2 atom stereocenters. The first-order chi connectivity index (χ1) is 19.2. The zero-order valence-electron chi connectivity index (χ0n) is 22.9. The van der Waals surface area contributed by atoms with Crippen LogP contribution in [-0.4, -0.2) is 63.6 Å². The Kier molecular flexibility index (Phi) is 10.9. The first kappa shape index (κ1) is 30.4. The Morgan fingerprint density at radius 1 is 1.12 bits per heavy atom. The van der Waals surface area contributed by atoms with Crippen LogP contribution in [0.4, 0.5) is 4.79 Å². The van der Waals surface area contributed by atoms with Gasteiger partial charge in [0, 0.05) is 5.70 Å². The van der Waals surface area contributed by atoms with Crippen molar-refractivity contribution in [3.8, 4) is 23.0 Å². The molecule has 0 saturated heterocycles. The van der Waals surface area contributed by atoms with Crippen LogP contribution in [0.25, 0.3) is 0 Å². The van der Waals surface area contributed by atoms with Gasteiger partial charge in [-0.3, -0.25) is 5.43 Å². The monoisotopic (exact) mass is 576 g/mol. The zero-order valence-corrected chi connectivity index (χ0v) is 23.6. The van der Waals surface area contributed by atoms with E-state index < -0.39 is 24.3 Å². The molecule has 0 saturated carbocycles. The highest BCUT2D eigenvalue weighted by atomic mass is 35.5. The number of nitrogens with one attached hydrogen (secondary N) is 3. The van der Waals surface area contributed by atoms with E-state index >= 15 is 0 Å². The molecule has 13 heteroatoms.